The smallest absolute Gasteiger partial charge is 0.374 e. The van der Waals surface area contributed by atoms with Crippen LogP contribution in [0.25, 0.3) is 4.98 Å². The van der Waals surface area contributed by atoms with Crippen LogP contribution >= 0.6 is 0 Å². The van der Waals surface area contributed by atoms with Crippen LogP contribution in [0.1, 0.15) is 13.8 Å². The minimum Gasteiger partial charge on any atom is -0.374 e. The van der Waals surface area contributed by atoms with Crippen LogP contribution in [0, 0.1) is 5.39 Å². The van der Waals surface area contributed by atoms with Crippen molar-refractivity contribution in [2.75, 3.05) is 11.4 Å². The Morgan fingerprint density at radius 1 is 1.50 bits per heavy atom. The van der Waals surface area contributed by atoms with Crippen LogP contribution in [-0.4, -0.2) is 17.9 Å². The Kier molecular flexibility index (Phi) is 3.43. The molecule has 0 bridgehead atoms. The molecule has 0 spiro atoms. The number of aliphatic hydroxyl groups excluding tert-OH is 1. The maximum absolute atomic E-state index is 9.49. The first-order valence-electron chi connectivity index (χ1n) is 4.59. The quantitative estimate of drug-likeness (QED) is 0.590. The van der Waals surface area contributed by atoms with E-state index in [9.17, 15) is 5.11 Å². The van der Waals surface area contributed by atoms with Crippen LogP contribution in [-0.2, 0) is 0 Å². The van der Waals surface area contributed by atoms with Crippen LogP contribution < -0.4 is 4.90 Å². The Balaban J connectivity index is 3.10. The van der Waals surface area contributed by atoms with Gasteiger partial charge in [-0.2, -0.15) is 0 Å². The molecule has 1 unspecified atom stereocenters. The second-order valence-corrected chi connectivity index (χ2v) is 3.01. The summed E-state index contributed by atoms with van der Waals surface area (Å²) in [6, 6.07) is 7.13. The number of anilines is 1. The van der Waals surface area contributed by atoms with Crippen molar-refractivity contribution in [2.24, 2.45) is 0 Å². The number of aliphatic hydroxyl groups is 1. The van der Waals surface area contributed by atoms with Gasteiger partial charge in [-0.15, -0.1) is 0 Å². The molecule has 1 aromatic carbocycles. The summed E-state index contributed by atoms with van der Waals surface area (Å²) in [5.41, 5.74) is 1.20. The van der Waals surface area contributed by atoms with E-state index in [2.05, 4.69) is 4.98 Å². The highest BCUT2D eigenvalue weighted by atomic mass is 16.3. The van der Waals surface area contributed by atoms with E-state index < -0.39 is 6.23 Å². The third-order valence-electron chi connectivity index (χ3n) is 2.09. The average Bonchev–Trinajstić information content (AvgIpc) is 2.19. The highest BCUT2D eigenvalue weighted by Gasteiger charge is 2.20. The van der Waals surface area contributed by atoms with E-state index in [0.29, 0.717) is 12.2 Å². The molecule has 4 heteroatoms. The van der Waals surface area contributed by atoms with E-state index in [-0.39, 0.29) is 0 Å². The fraction of sp³-hybridized carbons (Fsp3) is 0.400. The molecule has 1 aromatic rings. The minimum atomic E-state index is -0.595. The zero-order chi connectivity index (χ0) is 10.6. The molecule has 0 aliphatic rings. The fourth-order valence-corrected chi connectivity index (χ4v) is 1.43. The summed E-state index contributed by atoms with van der Waals surface area (Å²) < 4.78 is 0. The van der Waals surface area contributed by atoms with Crippen molar-refractivity contribution in [3.63, 3.8) is 0 Å². The molecule has 0 heterocycles. The molecule has 1 atom stereocenters. The zero-order valence-electron chi connectivity index (χ0n) is 8.38. The number of diazo groups is 1. The van der Waals surface area contributed by atoms with Crippen molar-refractivity contribution in [1.29, 1.82) is 5.39 Å². The summed E-state index contributed by atoms with van der Waals surface area (Å²) in [7, 11) is 0. The van der Waals surface area contributed by atoms with Crippen LogP contribution in [0.4, 0.5) is 11.4 Å². The molecule has 0 aliphatic heterocycles. The molecule has 0 amide bonds. The molecule has 1 rings (SSSR count). The summed E-state index contributed by atoms with van der Waals surface area (Å²) in [6.45, 7) is 4.27. The molecular weight excluding hydrogens is 178 g/mol. The SMILES string of the molecule is CCN(c1ccccc1[N+]#N)C(C)O. The monoisotopic (exact) mass is 192 g/mol. The Morgan fingerprint density at radius 3 is 2.64 bits per heavy atom. The predicted octanol–water partition coefficient (Wildman–Crippen LogP) is 2.34. The van der Waals surface area contributed by atoms with Crippen molar-refractivity contribution in [3.8, 4) is 0 Å². The lowest BCUT2D eigenvalue weighted by Crippen LogP contribution is -2.32. The molecule has 0 aliphatic carbocycles. The van der Waals surface area contributed by atoms with Gasteiger partial charge in [0.2, 0.25) is 5.39 Å². The normalized spacial score (nSPS) is 11.9. The van der Waals surface area contributed by atoms with Gasteiger partial charge >= 0.3 is 5.69 Å². The Hall–Kier alpha value is -1.60. The molecule has 0 saturated heterocycles. The summed E-state index contributed by atoms with van der Waals surface area (Å²) in [4.78, 5) is 4.91. The lowest BCUT2D eigenvalue weighted by molar-refractivity contribution is 0.190. The predicted molar refractivity (Wildman–Crippen MR) is 55.9 cm³/mol. The Bertz CT molecular complexity index is 343. The van der Waals surface area contributed by atoms with Gasteiger partial charge in [-0.05, 0) is 19.9 Å². The van der Waals surface area contributed by atoms with Gasteiger partial charge < -0.3 is 10.0 Å². The number of hydrogen-bond donors (Lipinski definition) is 1. The van der Waals surface area contributed by atoms with Gasteiger partial charge in [-0.25, -0.2) is 0 Å². The van der Waals surface area contributed by atoms with Crippen molar-refractivity contribution < 1.29 is 5.11 Å². The molecule has 0 saturated carbocycles. The van der Waals surface area contributed by atoms with E-state index in [1.807, 2.05) is 19.1 Å². The van der Waals surface area contributed by atoms with E-state index in [1.165, 1.54) is 0 Å². The third kappa shape index (κ3) is 2.01. The largest absolute Gasteiger partial charge is 0.408 e. The van der Waals surface area contributed by atoms with Crippen molar-refractivity contribution in [2.45, 2.75) is 20.1 Å². The summed E-state index contributed by atoms with van der Waals surface area (Å²) in [5, 5.41) is 18.2. The molecule has 0 radical (unpaired) electrons. The lowest BCUT2D eigenvalue weighted by atomic mass is 10.2. The molecule has 0 aromatic heterocycles. The van der Waals surface area contributed by atoms with Crippen LogP contribution in [0.2, 0.25) is 0 Å². The van der Waals surface area contributed by atoms with Gasteiger partial charge in [0.25, 0.3) is 0 Å². The molecule has 4 nitrogen and oxygen atoms in total. The minimum absolute atomic E-state index is 0.468. The number of hydrogen-bond acceptors (Lipinski definition) is 3. The third-order valence-corrected chi connectivity index (χ3v) is 2.09. The number of rotatable bonds is 3. The second kappa shape index (κ2) is 4.58. The second-order valence-electron chi connectivity index (χ2n) is 3.01. The van der Waals surface area contributed by atoms with Gasteiger partial charge in [0, 0.05) is 12.6 Å². The standard InChI is InChI=1S/C10H14N3O/c1-3-13(8(2)14)10-7-5-4-6-9(10)12-11/h4-8,14H,3H2,1-2H3/q+1. The van der Waals surface area contributed by atoms with Crippen LogP contribution in [0.15, 0.2) is 24.3 Å². The van der Waals surface area contributed by atoms with E-state index in [4.69, 9.17) is 5.39 Å². The van der Waals surface area contributed by atoms with Gasteiger partial charge in [-0.1, -0.05) is 12.1 Å². The fourth-order valence-electron chi connectivity index (χ4n) is 1.43. The average molecular weight is 192 g/mol. The first kappa shape index (κ1) is 10.5. The molecule has 14 heavy (non-hydrogen) atoms. The van der Waals surface area contributed by atoms with E-state index in [0.717, 1.165) is 5.69 Å². The van der Waals surface area contributed by atoms with Gasteiger partial charge in [-0.3, -0.25) is 0 Å². The van der Waals surface area contributed by atoms with Gasteiger partial charge in [0.1, 0.15) is 11.9 Å². The maximum atomic E-state index is 9.49. The van der Waals surface area contributed by atoms with E-state index in [1.54, 1.807) is 24.0 Å². The Morgan fingerprint density at radius 2 is 2.14 bits per heavy atom. The number of nitrogens with zero attached hydrogens (tertiary/aromatic N) is 3. The number of para-hydroxylation sites is 1. The summed E-state index contributed by atoms with van der Waals surface area (Å²) >= 11 is 0. The first-order valence-corrected chi connectivity index (χ1v) is 4.59. The van der Waals surface area contributed by atoms with Crippen molar-refractivity contribution in [3.05, 3.63) is 29.2 Å². The molecule has 74 valence electrons. The lowest BCUT2D eigenvalue weighted by Gasteiger charge is -2.24. The highest BCUT2D eigenvalue weighted by Crippen LogP contribution is 2.28. The van der Waals surface area contributed by atoms with Gasteiger partial charge in [0.15, 0.2) is 4.98 Å². The number of benzene rings is 1. The Labute approximate surface area is 83.4 Å². The molecule has 0 fully saturated rings. The molecular formula is C10H14N3O+. The first-order chi connectivity index (χ1) is 6.70. The molecule has 1 N–H and O–H groups in total. The van der Waals surface area contributed by atoms with E-state index >= 15 is 0 Å². The topological polar surface area (TPSA) is 51.6 Å². The van der Waals surface area contributed by atoms with Gasteiger partial charge in [0.05, 0.1) is 0 Å². The van der Waals surface area contributed by atoms with Crippen LogP contribution in [0.5, 0.6) is 0 Å². The summed E-state index contributed by atoms with van der Waals surface area (Å²) in [6.07, 6.45) is -0.595. The zero-order valence-corrected chi connectivity index (χ0v) is 8.38. The van der Waals surface area contributed by atoms with Crippen LogP contribution in [0.3, 0.4) is 0 Å². The summed E-state index contributed by atoms with van der Waals surface area (Å²) in [5.74, 6) is 0. The maximum Gasteiger partial charge on any atom is 0.408 e. The van der Waals surface area contributed by atoms with Crippen molar-refractivity contribution >= 4 is 11.4 Å². The highest BCUT2D eigenvalue weighted by molar-refractivity contribution is 5.70. The van der Waals surface area contributed by atoms with Crippen molar-refractivity contribution in [1.82, 2.24) is 0 Å².